The van der Waals surface area contributed by atoms with E-state index < -0.39 is 0 Å². The van der Waals surface area contributed by atoms with Gasteiger partial charge >= 0.3 is 0 Å². The molecule has 1 aliphatic heterocycles. The largest absolute Gasteiger partial charge is 0.337 e. The first-order chi connectivity index (χ1) is 15.0. The van der Waals surface area contributed by atoms with Gasteiger partial charge in [0.25, 0.3) is 5.91 Å². The van der Waals surface area contributed by atoms with E-state index in [0.29, 0.717) is 30.4 Å². The lowest BCUT2D eigenvalue weighted by atomic mass is 9.95. The Labute approximate surface area is 182 Å². The number of aryl methyl sites for hydroxylation is 2. The SMILES string of the molecule is Cc1sc2c([C@H]3CCCN(C(=O)c4ccn[nH]4)C3)nc(Nc3ccccc3F)n2c1C. The standard InChI is InChI=1S/C22H23FN6OS/c1-13-14(2)31-21-19(26-22(29(13)21)25-17-8-4-3-7-16(17)23)15-6-5-11-28(12-15)20(30)18-9-10-24-27-18/h3-4,7-10,15H,5-6,11-12H2,1-2H3,(H,24,27)(H,25,26)/t15-/m0/s1. The molecule has 0 radical (unpaired) electrons. The first-order valence-electron chi connectivity index (χ1n) is 10.3. The number of carbonyl (C=O) groups is 1. The Morgan fingerprint density at radius 1 is 1.29 bits per heavy atom. The Bertz CT molecular complexity index is 1240. The van der Waals surface area contributed by atoms with Crippen molar-refractivity contribution in [2.75, 3.05) is 18.4 Å². The third kappa shape index (κ3) is 3.48. The first-order valence-corrected chi connectivity index (χ1v) is 11.1. The lowest BCUT2D eigenvalue weighted by Crippen LogP contribution is -2.39. The fourth-order valence-electron chi connectivity index (χ4n) is 4.17. The number of H-pyrrole nitrogens is 1. The van der Waals surface area contributed by atoms with E-state index in [1.807, 2.05) is 11.8 Å². The number of halogens is 1. The minimum atomic E-state index is -0.320. The number of nitrogens with zero attached hydrogens (tertiary/aromatic N) is 4. The van der Waals surface area contributed by atoms with Crippen LogP contribution in [0.5, 0.6) is 0 Å². The predicted octanol–water partition coefficient (Wildman–Crippen LogP) is 4.64. The summed E-state index contributed by atoms with van der Waals surface area (Å²) < 4.78 is 16.3. The number of likely N-dealkylation sites (tertiary alicyclic amines) is 1. The fraction of sp³-hybridized carbons (Fsp3) is 0.318. The third-order valence-electron chi connectivity index (χ3n) is 5.90. The Kier molecular flexibility index (Phi) is 4.97. The summed E-state index contributed by atoms with van der Waals surface area (Å²) in [6.07, 6.45) is 3.45. The molecule has 3 aromatic heterocycles. The summed E-state index contributed by atoms with van der Waals surface area (Å²) in [4.78, 5) is 21.8. The highest BCUT2D eigenvalue weighted by molar-refractivity contribution is 7.17. The molecule has 0 spiro atoms. The summed E-state index contributed by atoms with van der Waals surface area (Å²) in [5.41, 5.74) is 2.94. The van der Waals surface area contributed by atoms with Gasteiger partial charge in [0.15, 0.2) is 0 Å². The lowest BCUT2D eigenvalue weighted by Gasteiger charge is -2.31. The van der Waals surface area contributed by atoms with E-state index in [-0.39, 0.29) is 17.6 Å². The Morgan fingerprint density at radius 3 is 2.90 bits per heavy atom. The Morgan fingerprint density at radius 2 is 2.13 bits per heavy atom. The highest BCUT2D eigenvalue weighted by Crippen LogP contribution is 2.37. The number of nitrogens with one attached hydrogen (secondary N) is 2. The third-order valence-corrected chi connectivity index (χ3v) is 7.09. The minimum Gasteiger partial charge on any atom is -0.337 e. The number of hydrogen-bond donors (Lipinski definition) is 2. The van der Waals surface area contributed by atoms with Gasteiger partial charge in [-0.2, -0.15) is 5.10 Å². The van der Waals surface area contributed by atoms with Gasteiger partial charge in [0.05, 0.1) is 11.4 Å². The number of benzene rings is 1. The van der Waals surface area contributed by atoms with E-state index in [4.69, 9.17) is 4.98 Å². The maximum Gasteiger partial charge on any atom is 0.271 e. The molecule has 0 saturated carbocycles. The van der Waals surface area contributed by atoms with Gasteiger partial charge in [0.2, 0.25) is 5.95 Å². The molecule has 9 heteroatoms. The quantitative estimate of drug-likeness (QED) is 0.487. The number of aromatic amines is 1. The van der Waals surface area contributed by atoms with Crippen LogP contribution in [-0.4, -0.2) is 43.5 Å². The van der Waals surface area contributed by atoms with Gasteiger partial charge in [-0.3, -0.25) is 14.3 Å². The molecule has 1 amide bonds. The molecule has 31 heavy (non-hydrogen) atoms. The molecular weight excluding hydrogens is 415 g/mol. The van der Waals surface area contributed by atoms with Crippen molar-refractivity contribution in [3.8, 4) is 0 Å². The predicted molar refractivity (Wildman–Crippen MR) is 119 cm³/mol. The van der Waals surface area contributed by atoms with Crippen LogP contribution in [0, 0.1) is 19.7 Å². The van der Waals surface area contributed by atoms with E-state index in [0.717, 1.165) is 29.1 Å². The zero-order valence-electron chi connectivity index (χ0n) is 17.4. The van der Waals surface area contributed by atoms with E-state index in [1.54, 1.807) is 41.8 Å². The molecule has 1 aromatic carbocycles. The molecule has 1 aliphatic rings. The van der Waals surface area contributed by atoms with Crippen LogP contribution in [-0.2, 0) is 0 Å². The molecule has 5 rings (SSSR count). The molecule has 0 unspecified atom stereocenters. The van der Waals surface area contributed by atoms with Gasteiger partial charge in [0, 0.05) is 35.8 Å². The molecule has 7 nitrogen and oxygen atoms in total. The van der Waals surface area contributed by atoms with Gasteiger partial charge in [-0.05, 0) is 44.9 Å². The minimum absolute atomic E-state index is 0.0408. The number of imidazole rings is 1. The second-order valence-corrected chi connectivity index (χ2v) is 9.07. The van der Waals surface area contributed by atoms with E-state index in [2.05, 4.69) is 26.8 Å². The van der Waals surface area contributed by atoms with Crippen LogP contribution in [0.3, 0.4) is 0 Å². The molecule has 1 atom stereocenters. The second kappa shape index (κ2) is 7.81. The van der Waals surface area contributed by atoms with Crippen LogP contribution >= 0.6 is 11.3 Å². The maximum atomic E-state index is 14.3. The second-order valence-electron chi connectivity index (χ2n) is 7.87. The van der Waals surface area contributed by atoms with Crippen LogP contribution < -0.4 is 5.32 Å². The number of piperidine rings is 1. The van der Waals surface area contributed by atoms with Crippen LogP contribution in [0.1, 0.15) is 45.5 Å². The van der Waals surface area contributed by atoms with E-state index in [9.17, 15) is 9.18 Å². The summed E-state index contributed by atoms with van der Waals surface area (Å²) in [6.45, 7) is 5.44. The first kappa shape index (κ1) is 19.7. The monoisotopic (exact) mass is 438 g/mol. The molecule has 160 valence electrons. The molecule has 0 aliphatic carbocycles. The van der Waals surface area contributed by atoms with E-state index >= 15 is 0 Å². The average Bonchev–Trinajstić information content (AvgIpc) is 3.49. The van der Waals surface area contributed by atoms with Gasteiger partial charge in [-0.25, -0.2) is 9.37 Å². The highest BCUT2D eigenvalue weighted by Gasteiger charge is 2.30. The van der Waals surface area contributed by atoms with Crippen molar-refractivity contribution in [1.29, 1.82) is 0 Å². The van der Waals surface area contributed by atoms with Crippen molar-refractivity contribution in [3.05, 3.63) is 64.3 Å². The zero-order valence-corrected chi connectivity index (χ0v) is 18.2. The van der Waals surface area contributed by atoms with Gasteiger partial charge < -0.3 is 10.2 Å². The van der Waals surface area contributed by atoms with Crippen molar-refractivity contribution < 1.29 is 9.18 Å². The molecule has 2 N–H and O–H groups in total. The number of aromatic nitrogens is 4. The van der Waals surface area contributed by atoms with Crippen molar-refractivity contribution >= 4 is 33.7 Å². The van der Waals surface area contributed by atoms with E-state index in [1.165, 1.54) is 10.9 Å². The van der Waals surface area contributed by atoms with Crippen molar-refractivity contribution in [1.82, 2.24) is 24.5 Å². The summed E-state index contributed by atoms with van der Waals surface area (Å²) >= 11 is 1.69. The Hall–Kier alpha value is -3.20. The number of amides is 1. The number of fused-ring (bicyclic) bond motifs is 1. The van der Waals surface area contributed by atoms with Crippen molar-refractivity contribution in [2.24, 2.45) is 0 Å². The number of anilines is 2. The van der Waals surface area contributed by atoms with Crippen molar-refractivity contribution in [2.45, 2.75) is 32.6 Å². The topological polar surface area (TPSA) is 78.3 Å². The molecule has 1 saturated heterocycles. The number of para-hydroxylation sites is 1. The molecule has 4 heterocycles. The summed E-state index contributed by atoms with van der Waals surface area (Å²) in [6, 6.07) is 8.29. The van der Waals surface area contributed by atoms with Gasteiger partial charge in [-0.15, -0.1) is 11.3 Å². The van der Waals surface area contributed by atoms with Crippen LogP contribution in [0.15, 0.2) is 36.5 Å². The fourth-order valence-corrected chi connectivity index (χ4v) is 5.33. The summed E-state index contributed by atoms with van der Waals surface area (Å²) in [5, 5.41) is 9.83. The smallest absolute Gasteiger partial charge is 0.271 e. The highest BCUT2D eigenvalue weighted by atomic mass is 32.1. The summed E-state index contributed by atoms with van der Waals surface area (Å²) in [5.74, 6) is 0.360. The molecule has 1 fully saturated rings. The van der Waals surface area contributed by atoms with Crippen LogP contribution in [0.4, 0.5) is 16.0 Å². The number of thiazole rings is 1. The lowest BCUT2D eigenvalue weighted by molar-refractivity contribution is 0.0700. The van der Waals surface area contributed by atoms with Crippen LogP contribution in [0.2, 0.25) is 0 Å². The molecule has 0 bridgehead atoms. The molecular formula is C22H23FN6OS. The van der Waals surface area contributed by atoms with Gasteiger partial charge in [-0.1, -0.05) is 12.1 Å². The number of hydrogen-bond acceptors (Lipinski definition) is 5. The number of rotatable bonds is 4. The zero-order chi connectivity index (χ0) is 21.5. The average molecular weight is 439 g/mol. The van der Waals surface area contributed by atoms with Gasteiger partial charge in [0.1, 0.15) is 16.3 Å². The van der Waals surface area contributed by atoms with Crippen molar-refractivity contribution in [3.63, 3.8) is 0 Å². The molecule has 4 aromatic rings. The Balaban J connectivity index is 1.50. The normalized spacial score (nSPS) is 16.7. The number of carbonyl (C=O) groups excluding carboxylic acids is 1. The van der Waals surface area contributed by atoms with Crippen LogP contribution in [0.25, 0.3) is 4.83 Å². The maximum absolute atomic E-state index is 14.3. The summed E-state index contributed by atoms with van der Waals surface area (Å²) in [7, 11) is 0.